The van der Waals surface area contributed by atoms with E-state index in [9.17, 15) is 19.7 Å². The number of amides is 1. The van der Waals surface area contributed by atoms with Crippen LogP contribution < -0.4 is 5.32 Å². The van der Waals surface area contributed by atoms with Crippen LogP contribution in [0.15, 0.2) is 18.2 Å². The van der Waals surface area contributed by atoms with Crippen molar-refractivity contribution in [3.8, 4) is 0 Å². The van der Waals surface area contributed by atoms with Gasteiger partial charge in [0.2, 0.25) is 0 Å². The molecular formula is C16H22N2O5. The molecule has 0 saturated heterocycles. The SMILES string of the molecule is Cc1ccc(C(=O)NCCCCCCCC(=O)O)cc1[N+](=O)[O-]. The van der Waals surface area contributed by atoms with Crippen molar-refractivity contribution in [1.29, 1.82) is 0 Å². The fourth-order valence-corrected chi connectivity index (χ4v) is 2.18. The lowest BCUT2D eigenvalue weighted by molar-refractivity contribution is -0.385. The maximum Gasteiger partial charge on any atom is 0.303 e. The standard InChI is InChI=1S/C16H22N2O5/c1-12-8-9-13(11-14(12)18(22)23)16(21)17-10-6-4-2-3-5-7-15(19)20/h8-9,11H,2-7,10H2,1H3,(H,17,21)(H,19,20). The first-order valence-electron chi connectivity index (χ1n) is 7.67. The molecule has 0 heterocycles. The lowest BCUT2D eigenvalue weighted by Crippen LogP contribution is -2.24. The largest absolute Gasteiger partial charge is 0.481 e. The van der Waals surface area contributed by atoms with Crippen LogP contribution in [-0.4, -0.2) is 28.5 Å². The number of nitro groups is 1. The fourth-order valence-electron chi connectivity index (χ4n) is 2.18. The molecule has 1 aromatic rings. The highest BCUT2D eigenvalue weighted by molar-refractivity contribution is 5.94. The molecule has 7 heteroatoms. The Hall–Kier alpha value is -2.44. The summed E-state index contributed by atoms with van der Waals surface area (Å²) < 4.78 is 0. The molecule has 0 aromatic heterocycles. The van der Waals surface area contributed by atoms with E-state index in [4.69, 9.17) is 5.11 Å². The van der Waals surface area contributed by atoms with Gasteiger partial charge in [0.05, 0.1) is 4.92 Å². The lowest BCUT2D eigenvalue weighted by atomic mass is 10.1. The van der Waals surface area contributed by atoms with Crippen molar-refractivity contribution in [3.05, 3.63) is 39.4 Å². The minimum absolute atomic E-state index is 0.0592. The molecule has 2 N–H and O–H groups in total. The van der Waals surface area contributed by atoms with Crippen LogP contribution in [0.4, 0.5) is 5.69 Å². The Balaban J connectivity index is 2.28. The van der Waals surface area contributed by atoms with E-state index >= 15 is 0 Å². The van der Waals surface area contributed by atoms with Gasteiger partial charge in [-0.1, -0.05) is 25.3 Å². The molecule has 0 atom stereocenters. The van der Waals surface area contributed by atoms with Crippen molar-refractivity contribution < 1.29 is 19.6 Å². The molecule has 1 amide bonds. The number of carboxylic acids is 1. The first kappa shape index (κ1) is 18.6. The fraction of sp³-hybridized carbons (Fsp3) is 0.500. The van der Waals surface area contributed by atoms with Gasteiger partial charge in [0.1, 0.15) is 0 Å². The number of benzene rings is 1. The smallest absolute Gasteiger partial charge is 0.303 e. The molecule has 0 aliphatic carbocycles. The molecule has 0 radical (unpaired) electrons. The zero-order valence-corrected chi connectivity index (χ0v) is 13.2. The molecule has 0 spiro atoms. The van der Waals surface area contributed by atoms with E-state index in [-0.39, 0.29) is 23.6 Å². The number of aryl methyl sites for hydroxylation is 1. The summed E-state index contributed by atoms with van der Waals surface area (Å²) in [7, 11) is 0. The molecule has 0 aliphatic heterocycles. The van der Waals surface area contributed by atoms with Gasteiger partial charge in [-0.25, -0.2) is 0 Å². The Morgan fingerprint density at radius 1 is 1.17 bits per heavy atom. The van der Waals surface area contributed by atoms with E-state index in [1.165, 1.54) is 6.07 Å². The summed E-state index contributed by atoms with van der Waals surface area (Å²) in [6, 6.07) is 4.43. The monoisotopic (exact) mass is 322 g/mol. The molecule has 126 valence electrons. The summed E-state index contributed by atoms with van der Waals surface area (Å²) in [6.07, 6.45) is 4.38. The van der Waals surface area contributed by atoms with Gasteiger partial charge < -0.3 is 10.4 Å². The van der Waals surface area contributed by atoms with Gasteiger partial charge in [0.15, 0.2) is 0 Å². The Bertz CT molecular complexity index is 572. The lowest BCUT2D eigenvalue weighted by Gasteiger charge is -2.06. The van der Waals surface area contributed by atoms with Crippen LogP contribution in [0.5, 0.6) is 0 Å². The van der Waals surface area contributed by atoms with Crippen molar-refractivity contribution in [1.82, 2.24) is 5.32 Å². The second kappa shape index (κ2) is 9.55. The number of hydrogen-bond acceptors (Lipinski definition) is 4. The Morgan fingerprint density at radius 2 is 1.83 bits per heavy atom. The van der Waals surface area contributed by atoms with Crippen molar-refractivity contribution in [2.24, 2.45) is 0 Å². The van der Waals surface area contributed by atoms with Crippen molar-refractivity contribution in [3.63, 3.8) is 0 Å². The van der Waals surface area contributed by atoms with Crippen LogP contribution >= 0.6 is 0 Å². The molecule has 7 nitrogen and oxygen atoms in total. The number of rotatable bonds is 10. The number of nitrogens with zero attached hydrogens (tertiary/aromatic N) is 1. The molecule has 0 fully saturated rings. The molecule has 1 aromatic carbocycles. The zero-order chi connectivity index (χ0) is 17.2. The highest BCUT2D eigenvalue weighted by atomic mass is 16.6. The van der Waals surface area contributed by atoms with Crippen LogP contribution in [0.2, 0.25) is 0 Å². The number of aliphatic carboxylic acids is 1. The molecule has 23 heavy (non-hydrogen) atoms. The molecule has 0 saturated carbocycles. The topological polar surface area (TPSA) is 110 Å². The van der Waals surface area contributed by atoms with E-state index < -0.39 is 10.9 Å². The number of carbonyl (C=O) groups excluding carboxylic acids is 1. The first-order valence-corrected chi connectivity index (χ1v) is 7.67. The van der Waals surface area contributed by atoms with Gasteiger partial charge >= 0.3 is 5.97 Å². The zero-order valence-electron chi connectivity index (χ0n) is 13.2. The van der Waals surface area contributed by atoms with E-state index in [2.05, 4.69) is 5.32 Å². The summed E-state index contributed by atoms with van der Waals surface area (Å²) in [6.45, 7) is 2.13. The van der Waals surface area contributed by atoms with Gasteiger partial charge in [-0.2, -0.15) is 0 Å². The molecule has 0 unspecified atom stereocenters. The summed E-state index contributed by atoms with van der Waals surface area (Å²) in [5.41, 5.74) is 0.743. The summed E-state index contributed by atoms with van der Waals surface area (Å²) in [4.78, 5) is 32.6. The van der Waals surface area contributed by atoms with E-state index in [1.54, 1.807) is 19.1 Å². The highest BCUT2D eigenvalue weighted by Crippen LogP contribution is 2.19. The predicted molar refractivity (Wildman–Crippen MR) is 85.5 cm³/mol. The highest BCUT2D eigenvalue weighted by Gasteiger charge is 2.14. The average Bonchev–Trinajstić information content (AvgIpc) is 2.49. The summed E-state index contributed by atoms with van der Waals surface area (Å²) in [5, 5.41) is 22.1. The van der Waals surface area contributed by atoms with E-state index in [0.29, 0.717) is 18.5 Å². The Kier molecular flexibility index (Phi) is 7.73. The molecular weight excluding hydrogens is 300 g/mol. The summed E-state index contributed by atoms with van der Waals surface area (Å²) in [5.74, 6) is -1.09. The second-order valence-corrected chi connectivity index (χ2v) is 5.43. The van der Waals surface area contributed by atoms with Crippen LogP contribution in [0.25, 0.3) is 0 Å². The number of unbranched alkanes of at least 4 members (excludes halogenated alkanes) is 4. The number of hydrogen-bond donors (Lipinski definition) is 2. The molecule has 0 bridgehead atoms. The van der Waals surface area contributed by atoms with Crippen LogP contribution in [-0.2, 0) is 4.79 Å². The maximum atomic E-state index is 11.9. The van der Waals surface area contributed by atoms with Crippen molar-refractivity contribution in [2.75, 3.05) is 6.54 Å². The maximum absolute atomic E-state index is 11.9. The van der Waals surface area contributed by atoms with Gasteiger partial charge in [0.25, 0.3) is 11.6 Å². The minimum atomic E-state index is -0.774. The van der Waals surface area contributed by atoms with Crippen LogP contribution in [0.3, 0.4) is 0 Å². The second-order valence-electron chi connectivity index (χ2n) is 5.43. The normalized spacial score (nSPS) is 10.3. The van der Waals surface area contributed by atoms with Crippen molar-refractivity contribution >= 4 is 17.6 Å². The summed E-state index contributed by atoms with van der Waals surface area (Å²) >= 11 is 0. The third-order valence-corrected chi connectivity index (χ3v) is 3.52. The van der Waals surface area contributed by atoms with Crippen molar-refractivity contribution in [2.45, 2.75) is 45.4 Å². The van der Waals surface area contributed by atoms with Crippen LogP contribution in [0.1, 0.15) is 54.4 Å². The third kappa shape index (κ3) is 6.90. The Morgan fingerprint density at radius 3 is 2.48 bits per heavy atom. The van der Waals surface area contributed by atoms with Gasteiger partial charge in [-0.3, -0.25) is 19.7 Å². The Labute approximate surface area is 134 Å². The number of carboxylic acid groups (broad SMARTS) is 1. The van der Waals surface area contributed by atoms with Gasteiger partial charge in [-0.05, 0) is 25.8 Å². The van der Waals surface area contributed by atoms with Gasteiger partial charge in [0, 0.05) is 30.2 Å². The number of nitro benzene ring substituents is 1. The van der Waals surface area contributed by atoms with Crippen LogP contribution in [0, 0.1) is 17.0 Å². The predicted octanol–water partition coefficient (Wildman–Crippen LogP) is 3.06. The quantitative estimate of drug-likeness (QED) is 0.391. The molecule has 1 rings (SSSR count). The van der Waals surface area contributed by atoms with E-state index in [0.717, 1.165) is 25.7 Å². The minimum Gasteiger partial charge on any atom is -0.481 e. The average molecular weight is 322 g/mol. The molecule has 0 aliphatic rings. The van der Waals surface area contributed by atoms with E-state index in [1.807, 2.05) is 0 Å². The van der Waals surface area contributed by atoms with Gasteiger partial charge in [-0.15, -0.1) is 0 Å². The number of carbonyl (C=O) groups is 2. The number of nitrogens with one attached hydrogen (secondary N) is 1. The third-order valence-electron chi connectivity index (χ3n) is 3.52. The first-order chi connectivity index (χ1) is 10.9.